The maximum Gasteiger partial charge on any atom is 0.0569 e. The lowest BCUT2D eigenvalue weighted by Crippen LogP contribution is -2.16. The van der Waals surface area contributed by atoms with E-state index in [0.29, 0.717) is 0 Å². The quantitative estimate of drug-likeness (QED) is 0.173. The van der Waals surface area contributed by atoms with Gasteiger partial charge in [0.25, 0.3) is 0 Å². The van der Waals surface area contributed by atoms with Crippen LogP contribution in [0.15, 0.2) is 182 Å². The smallest absolute Gasteiger partial charge is 0.0569 e. The molecular formula is C50H39N. The second-order valence-electron chi connectivity index (χ2n) is 14.2. The first-order valence-electron chi connectivity index (χ1n) is 17.9. The molecule has 9 rings (SSSR count). The Kier molecular flexibility index (Phi) is 7.44. The Bertz CT molecular complexity index is 2540. The second kappa shape index (κ2) is 12.3. The van der Waals surface area contributed by atoms with E-state index >= 15 is 0 Å². The molecule has 0 amide bonds. The van der Waals surface area contributed by atoms with Crippen molar-refractivity contribution in [1.29, 1.82) is 0 Å². The van der Waals surface area contributed by atoms with Crippen molar-refractivity contribution in [3.63, 3.8) is 0 Å². The summed E-state index contributed by atoms with van der Waals surface area (Å²) in [7, 11) is 0. The molecule has 0 bridgehead atoms. The molecule has 8 aromatic rings. The van der Waals surface area contributed by atoms with E-state index in [1.165, 1.54) is 83.3 Å². The Balaban J connectivity index is 1.34. The molecule has 0 saturated carbocycles. The Labute approximate surface area is 301 Å². The molecular weight excluding hydrogens is 615 g/mol. The molecule has 0 heterocycles. The molecule has 244 valence electrons. The molecule has 0 spiro atoms. The summed E-state index contributed by atoms with van der Waals surface area (Å²) in [6, 6.07) is 66.6. The molecule has 1 nitrogen and oxygen atoms in total. The summed E-state index contributed by atoms with van der Waals surface area (Å²) in [5, 5.41) is 2.51. The van der Waals surface area contributed by atoms with Crippen LogP contribution in [0.1, 0.15) is 30.5 Å². The van der Waals surface area contributed by atoms with Crippen molar-refractivity contribution >= 4 is 27.8 Å². The molecule has 0 atom stereocenters. The summed E-state index contributed by atoms with van der Waals surface area (Å²) in [6.45, 7) is 7.00. The maximum absolute atomic E-state index is 2.52. The van der Waals surface area contributed by atoms with Crippen molar-refractivity contribution < 1.29 is 0 Å². The number of benzene rings is 8. The number of nitrogens with zero attached hydrogens (tertiary/aromatic N) is 1. The van der Waals surface area contributed by atoms with Crippen molar-refractivity contribution in [2.75, 3.05) is 4.90 Å². The van der Waals surface area contributed by atoms with E-state index in [9.17, 15) is 0 Å². The van der Waals surface area contributed by atoms with E-state index < -0.39 is 0 Å². The van der Waals surface area contributed by atoms with Crippen molar-refractivity contribution in [3.8, 4) is 44.5 Å². The third kappa shape index (κ3) is 5.16. The van der Waals surface area contributed by atoms with Crippen LogP contribution >= 0.6 is 0 Å². The third-order valence-electron chi connectivity index (χ3n) is 10.8. The van der Waals surface area contributed by atoms with Crippen molar-refractivity contribution in [2.24, 2.45) is 0 Å². The van der Waals surface area contributed by atoms with Gasteiger partial charge >= 0.3 is 0 Å². The number of hydrogen-bond donors (Lipinski definition) is 0. The summed E-state index contributed by atoms with van der Waals surface area (Å²) in [5.74, 6) is 0. The van der Waals surface area contributed by atoms with Crippen molar-refractivity contribution in [1.82, 2.24) is 0 Å². The van der Waals surface area contributed by atoms with Crippen molar-refractivity contribution in [2.45, 2.75) is 26.2 Å². The van der Waals surface area contributed by atoms with E-state index in [2.05, 4.69) is 208 Å². The Hall–Kier alpha value is -6.18. The Morgan fingerprint density at radius 3 is 1.80 bits per heavy atom. The molecule has 8 aromatic carbocycles. The SMILES string of the molecule is Cc1cc(-c2cccc3ccccc23)cc(-c2ccccc2)c1N(c1ccc(-c2ccccc2)cc1)c1cccc2c1-c1ccccc1C2(C)C. The van der Waals surface area contributed by atoms with Crippen LogP contribution in [0.3, 0.4) is 0 Å². The highest BCUT2D eigenvalue weighted by Crippen LogP contribution is 2.55. The lowest BCUT2D eigenvalue weighted by Gasteiger charge is -2.32. The normalized spacial score (nSPS) is 12.8. The molecule has 1 heteroatoms. The summed E-state index contributed by atoms with van der Waals surface area (Å²) in [6.07, 6.45) is 0. The minimum atomic E-state index is -0.111. The van der Waals surface area contributed by atoms with Gasteiger partial charge in [0, 0.05) is 22.2 Å². The van der Waals surface area contributed by atoms with Gasteiger partial charge in [-0.15, -0.1) is 0 Å². The van der Waals surface area contributed by atoms with Crippen LogP contribution in [0.4, 0.5) is 17.1 Å². The third-order valence-corrected chi connectivity index (χ3v) is 10.8. The van der Waals surface area contributed by atoms with E-state index in [1.807, 2.05) is 0 Å². The molecule has 51 heavy (non-hydrogen) atoms. The first kappa shape index (κ1) is 30.8. The largest absolute Gasteiger partial charge is 0.309 e. The highest BCUT2D eigenvalue weighted by atomic mass is 15.2. The van der Waals surface area contributed by atoms with E-state index in [0.717, 1.165) is 5.69 Å². The number of rotatable bonds is 6. The molecule has 0 saturated heterocycles. The fraction of sp³-hybridized carbons (Fsp3) is 0.0800. The van der Waals surface area contributed by atoms with Gasteiger partial charge in [-0.2, -0.15) is 0 Å². The van der Waals surface area contributed by atoms with Gasteiger partial charge in [0.1, 0.15) is 0 Å². The minimum absolute atomic E-state index is 0.111. The van der Waals surface area contributed by atoms with Gasteiger partial charge in [-0.05, 0) is 98.1 Å². The Morgan fingerprint density at radius 2 is 1.02 bits per heavy atom. The topological polar surface area (TPSA) is 3.24 Å². The van der Waals surface area contributed by atoms with Crippen LogP contribution in [0, 0.1) is 6.92 Å². The second-order valence-corrected chi connectivity index (χ2v) is 14.2. The molecule has 0 unspecified atom stereocenters. The molecule has 0 aromatic heterocycles. The first-order valence-corrected chi connectivity index (χ1v) is 17.9. The Morgan fingerprint density at radius 1 is 0.431 bits per heavy atom. The van der Waals surface area contributed by atoms with Gasteiger partial charge in [0.2, 0.25) is 0 Å². The van der Waals surface area contributed by atoms with E-state index in [1.54, 1.807) is 0 Å². The van der Waals surface area contributed by atoms with Crippen LogP contribution < -0.4 is 4.90 Å². The fourth-order valence-corrected chi connectivity index (χ4v) is 8.29. The highest BCUT2D eigenvalue weighted by Gasteiger charge is 2.38. The molecule has 0 fully saturated rings. The molecule has 1 aliphatic rings. The zero-order chi connectivity index (χ0) is 34.5. The zero-order valence-corrected chi connectivity index (χ0v) is 29.3. The zero-order valence-electron chi connectivity index (χ0n) is 29.3. The average molecular weight is 654 g/mol. The van der Waals surface area contributed by atoms with Crippen LogP contribution in [0.25, 0.3) is 55.3 Å². The monoisotopic (exact) mass is 653 g/mol. The summed E-state index contributed by atoms with van der Waals surface area (Å²) in [4.78, 5) is 2.52. The lowest BCUT2D eigenvalue weighted by atomic mass is 9.82. The molecule has 0 radical (unpaired) electrons. The van der Waals surface area contributed by atoms with Gasteiger partial charge in [-0.25, -0.2) is 0 Å². The number of fused-ring (bicyclic) bond motifs is 4. The number of hydrogen-bond acceptors (Lipinski definition) is 1. The summed E-state index contributed by atoms with van der Waals surface area (Å²) in [5.41, 5.74) is 17.2. The van der Waals surface area contributed by atoms with Gasteiger partial charge in [0.05, 0.1) is 11.4 Å². The summed E-state index contributed by atoms with van der Waals surface area (Å²) >= 11 is 0. The van der Waals surface area contributed by atoms with Crippen LogP contribution in [0.5, 0.6) is 0 Å². The maximum atomic E-state index is 2.52. The predicted molar refractivity (Wildman–Crippen MR) is 217 cm³/mol. The standard InChI is InChI=1S/C50H39N/c1-34-32-39(42-24-14-21-37-20-10-11-22-41(37)42)33-44(38-18-8-5-9-19-38)49(34)51(40-30-28-36(29-31-40)35-16-6-4-7-17-35)47-27-15-26-46-48(47)43-23-12-13-25-45(43)50(46,2)3/h4-33H,1-3H3. The average Bonchev–Trinajstić information content (AvgIpc) is 3.42. The van der Waals surface area contributed by atoms with Gasteiger partial charge in [-0.1, -0.05) is 166 Å². The van der Waals surface area contributed by atoms with Gasteiger partial charge in [0.15, 0.2) is 0 Å². The fourth-order valence-electron chi connectivity index (χ4n) is 8.29. The number of anilines is 3. The predicted octanol–water partition coefficient (Wildman–Crippen LogP) is 13.9. The first-order chi connectivity index (χ1) is 25.0. The van der Waals surface area contributed by atoms with Crippen LogP contribution in [0.2, 0.25) is 0 Å². The van der Waals surface area contributed by atoms with E-state index in [4.69, 9.17) is 0 Å². The van der Waals surface area contributed by atoms with Gasteiger partial charge in [-0.3, -0.25) is 0 Å². The van der Waals surface area contributed by atoms with Gasteiger partial charge < -0.3 is 4.90 Å². The van der Waals surface area contributed by atoms with Crippen LogP contribution in [-0.4, -0.2) is 0 Å². The summed E-state index contributed by atoms with van der Waals surface area (Å²) < 4.78 is 0. The minimum Gasteiger partial charge on any atom is -0.309 e. The number of aryl methyl sites for hydroxylation is 1. The lowest BCUT2D eigenvalue weighted by molar-refractivity contribution is 0.660. The molecule has 0 N–H and O–H groups in total. The molecule has 1 aliphatic carbocycles. The van der Waals surface area contributed by atoms with Crippen LogP contribution in [-0.2, 0) is 5.41 Å². The van der Waals surface area contributed by atoms with Crippen molar-refractivity contribution in [3.05, 3.63) is 199 Å². The molecule has 0 aliphatic heterocycles. The highest BCUT2D eigenvalue weighted by molar-refractivity contribution is 6.02. The van der Waals surface area contributed by atoms with E-state index in [-0.39, 0.29) is 5.41 Å².